The molecule has 0 bridgehead atoms. The van der Waals surface area contributed by atoms with Gasteiger partial charge in [-0.25, -0.2) is 0 Å². The van der Waals surface area contributed by atoms with Crippen molar-refractivity contribution in [3.05, 3.63) is 28.2 Å². The van der Waals surface area contributed by atoms with Crippen molar-refractivity contribution in [2.24, 2.45) is 5.92 Å². The third kappa shape index (κ3) is 4.64. The maximum Gasteiger partial charge on any atom is 0.387 e. The highest BCUT2D eigenvalue weighted by Crippen LogP contribution is 2.28. The van der Waals surface area contributed by atoms with Crippen LogP contribution in [-0.2, 0) is 11.3 Å². The van der Waals surface area contributed by atoms with Crippen molar-refractivity contribution < 1.29 is 23.4 Å². The molecule has 21 heavy (non-hydrogen) atoms. The lowest BCUT2D eigenvalue weighted by Crippen LogP contribution is -2.38. The van der Waals surface area contributed by atoms with E-state index in [2.05, 4.69) is 20.7 Å². The molecule has 1 aliphatic rings. The molecular formula is C14H16BrF2NO3. The third-order valence-corrected chi connectivity index (χ3v) is 3.98. The van der Waals surface area contributed by atoms with Crippen molar-refractivity contribution in [1.82, 2.24) is 4.90 Å². The molecule has 1 fully saturated rings. The highest BCUT2D eigenvalue weighted by Gasteiger charge is 2.26. The lowest BCUT2D eigenvalue weighted by Gasteiger charge is -2.31. The molecule has 0 saturated carbocycles. The van der Waals surface area contributed by atoms with Crippen LogP contribution in [0.5, 0.6) is 5.75 Å². The molecule has 0 aromatic heterocycles. The van der Waals surface area contributed by atoms with E-state index in [4.69, 9.17) is 5.11 Å². The van der Waals surface area contributed by atoms with Gasteiger partial charge < -0.3 is 9.84 Å². The molecule has 7 heteroatoms. The van der Waals surface area contributed by atoms with Gasteiger partial charge in [0.25, 0.3) is 0 Å². The number of alkyl halides is 2. The van der Waals surface area contributed by atoms with Crippen molar-refractivity contribution in [2.45, 2.75) is 26.0 Å². The topological polar surface area (TPSA) is 49.8 Å². The second-order valence-corrected chi connectivity index (χ2v) is 5.96. The van der Waals surface area contributed by atoms with Crippen molar-refractivity contribution in [1.29, 1.82) is 0 Å². The molecule has 2 rings (SSSR count). The summed E-state index contributed by atoms with van der Waals surface area (Å²) in [5.41, 5.74) is 0.621. The Labute approximate surface area is 129 Å². The van der Waals surface area contributed by atoms with E-state index < -0.39 is 18.5 Å². The maximum absolute atomic E-state index is 12.4. The smallest absolute Gasteiger partial charge is 0.387 e. The number of carboxylic acids is 1. The normalized spacial score (nSPS) is 19.7. The number of carbonyl (C=O) groups is 1. The maximum atomic E-state index is 12.4. The predicted octanol–water partition coefficient (Wildman–Crippen LogP) is 3.35. The van der Waals surface area contributed by atoms with Gasteiger partial charge in [0.15, 0.2) is 0 Å². The van der Waals surface area contributed by atoms with E-state index in [-0.39, 0.29) is 5.75 Å². The van der Waals surface area contributed by atoms with Crippen LogP contribution >= 0.6 is 15.9 Å². The number of rotatable bonds is 5. The van der Waals surface area contributed by atoms with Crippen LogP contribution in [0.2, 0.25) is 0 Å². The summed E-state index contributed by atoms with van der Waals surface area (Å²) in [6.07, 6.45) is 1.45. The Balaban J connectivity index is 2.10. The number of nitrogens with zero attached hydrogens (tertiary/aromatic N) is 1. The Morgan fingerprint density at radius 1 is 1.52 bits per heavy atom. The van der Waals surface area contributed by atoms with Gasteiger partial charge in [0.05, 0.1) is 5.92 Å². The number of likely N-dealkylation sites (tertiary alicyclic amines) is 1. The number of piperidine rings is 1. The number of ether oxygens (including phenoxy) is 1. The van der Waals surface area contributed by atoms with Gasteiger partial charge in [-0.15, -0.1) is 0 Å². The fourth-order valence-electron chi connectivity index (χ4n) is 2.52. The third-order valence-electron chi connectivity index (χ3n) is 3.49. The highest BCUT2D eigenvalue weighted by molar-refractivity contribution is 9.10. The van der Waals surface area contributed by atoms with E-state index >= 15 is 0 Å². The lowest BCUT2D eigenvalue weighted by atomic mass is 9.98. The summed E-state index contributed by atoms with van der Waals surface area (Å²) in [5.74, 6) is -1.07. The first-order valence-electron chi connectivity index (χ1n) is 6.64. The standard InChI is InChI=1S/C14H16BrF2NO3/c15-11-3-4-12(21-14(16)17)10(6-11)8-18-5-1-2-9(7-18)13(19)20/h3-4,6,9,14H,1-2,5,7-8H2,(H,19,20). The first kappa shape index (κ1) is 16.2. The van der Waals surface area contributed by atoms with Crippen LogP contribution in [0, 0.1) is 5.92 Å². The highest BCUT2D eigenvalue weighted by atomic mass is 79.9. The van der Waals surface area contributed by atoms with E-state index in [1.165, 1.54) is 6.07 Å². The molecule has 1 aromatic carbocycles. The summed E-state index contributed by atoms with van der Waals surface area (Å²) >= 11 is 3.31. The van der Waals surface area contributed by atoms with E-state index in [1.54, 1.807) is 12.1 Å². The Bertz CT molecular complexity index is 513. The molecule has 1 atom stereocenters. The molecule has 0 radical (unpaired) electrons. The SMILES string of the molecule is O=C(O)C1CCCN(Cc2cc(Br)ccc2OC(F)F)C1. The largest absolute Gasteiger partial charge is 0.481 e. The van der Waals surface area contributed by atoms with Gasteiger partial charge in [0.1, 0.15) is 5.75 Å². The molecule has 116 valence electrons. The van der Waals surface area contributed by atoms with Gasteiger partial charge in [0, 0.05) is 23.1 Å². The first-order chi connectivity index (χ1) is 9.95. The zero-order valence-electron chi connectivity index (χ0n) is 11.3. The minimum absolute atomic E-state index is 0.130. The van der Waals surface area contributed by atoms with E-state index in [0.29, 0.717) is 25.1 Å². The summed E-state index contributed by atoms with van der Waals surface area (Å²) < 4.78 is 30.1. The molecule has 1 N–H and O–H groups in total. The number of carboxylic acid groups (broad SMARTS) is 1. The molecule has 1 aliphatic heterocycles. The van der Waals surface area contributed by atoms with Gasteiger partial charge >= 0.3 is 12.6 Å². The van der Waals surface area contributed by atoms with Crippen LogP contribution in [0.25, 0.3) is 0 Å². The summed E-state index contributed by atoms with van der Waals surface area (Å²) in [6, 6.07) is 4.85. The Kier molecular flexibility index (Phi) is 5.52. The van der Waals surface area contributed by atoms with Gasteiger partial charge in [0.2, 0.25) is 0 Å². The fourth-order valence-corrected chi connectivity index (χ4v) is 2.93. The van der Waals surface area contributed by atoms with E-state index in [9.17, 15) is 13.6 Å². The number of benzene rings is 1. The molecule has 1 aromatic rings. The monoisotopic (exact) mass is 363 g/mol. The molecule has 0 spiro atoms. The van der Waals surface area contributed by atoms with Crippen LogP contribution in [0.15, 0.2) is 22.7 Å². The van der Waals surface area contributed by atoms with Crippen LogP contribution in [0.3, 0.4) is 0 Å². The van der Waals surface area contributed by atoms with Gasteiger partial charge in [-0.2, -0.15) is 8.78 Å². The average Bonchev–Trinajstić information content (AvgIpc) is 2.42. The first-order valence-corrected chi connectivity index (χ1v) is 7.43. The molecular weight excluding hydrogens is 348 g/mol. The second kappa shape index (κ2) is 7.17. The van der Waals surface area contributed by atoms with Crippen LogP contribution in [-0.4, -0.2) is 35.7 Å². The summed E-state index contributed by atoms with van der Waals surface area (Å²) in [6.45, 7) is -1.30. The van der Waals surface area contributed by atoms with Crippen molar-refractivity contribution in [2.75, 3.05) is 13.1 Å². The minimum atomic E-state index is -2.88. The van der Waals surface area contributed by atoms with Gasteiger partial charge in [-0.3, -0.25) is 9.69 Å². The predicted molar refractivity (Wildman–Crippen MR) is 76.4 cm³/mol. The van der Waals surface area contributed by atoms with E-state index in [1.807, 2.05) is 4.90 Å². The van der Waals surface area contributed by atoms with Gasteiger partial charge in [-0.1, -0.05) is 15.9 Å². The zero-order chi connectivity index (χ0) is 15.4. The summed E-state index contributed by atoms with van der Waals surface area (Å²) in [4.78, 5) is 13.0. The molecule has 4 nitrogen and oxygen atoms in total. The van der Waals surface area contributed by atoms with Crippen molar-refractivity contribution >= 4 is 21.9 Å². The van der Waals surface area contributed by atoms with Crippen molar-refractivity contribution in [3.8, 4) is 5.75 Å². The molecule has 1 heterocycles. The molecule has 1 unspecified atom stereocenters. The number of aliphatic carboxylic acids is 1. The second-order valence-electron chi connectivity index (χ2n) is 5.04. The molecule has 0 aliphatic carbocycles. The fraction of sp³-hybridized carbons (Fsp3) is 0.500. The average molecular weight is 364 g/mol. The number of hydrogen-bond donors (Lipinski definition) is 1. The Morgan fingerprint density at radius 3 is 2.95 bits per heavy atom. The minimum Gasteiger partial charge on any atom is -0.481 e. The van der Waals surface area contributed by atoms with Gasteiger partial charge in [-0.05, 0) is 37.6 Å². The summed E-state index contributed by atoms with van der Waals surface area (Å²) in [7, 11) is 0. The Hall–Kier alpha value is -1.21. The lowest BCUT2D eigenvalue weighted by molar-refractivity contribution is -0.143. The quantitative estimate of drug-likeness (QED) is 0.871. The summed E-state index contributed by atoms with van der Waals surface area (Å²) in [5, 5.41) is 9.08. The van der Waals surface area contributed by atoms with Crippen LogP contribution < -0.4 is 4.74 Å². The Morgan fingerprint density at radius 2 is 2.29 bits per heavy atom. The number of halogens is 3. The zero-order valence-corrected chi connectivity index (χ0v) is 12.9. The molecule has 0 amide bonds. The van der Waals surface area contributed by atoms with Crippen molar-refractivity contribution in [3.63, 3.8) is 0 Å². The number of hydrogen-bond acceptors (Lipinski definition) is 3. The van der Waals surface area contributed by atoms with Crippen LogP contribution in [0.1, 0.15) is 18.4 Å². The molecule has 1 saturated heterocycles. The van der Waals surface area contributed by atoms with Crippen LogP contribution in [0.4, 0.5) is 8.78 Å². The van der Waals surface area contributed by atoms with E-state index in [0.717, 1.165) is 17.4 Å².